The van der Waals surface area contributed by atoms with Crippen molar-refractivity contribution in [2.75, 3.05) is 12.4 Å². The summed E-state index contributed by atoms with van der Waals surface area (Å²) in [5.74, 6) is -0.616. The molecule has 1 fully saturated rings. The van der Waals surface area contributed by atoms with E-state index in [9.17, 15) is 22.8 Å². The highest BCUT2D eigenvalue weighted by atomic mass is 19.4. The highest BCUT2D eigenvalue weighted by molar-refractivity contribution is 6.03. The molecule has 7 nitrogen and oxygen atoms in total. The van der Waals surface area contributed by atoms with Gasteiger partial charge in [0.15, 0.2) is 5.69 Å². The Hall–Kier alpha value is -3.82. The Morgan fingerprint density at radius 1 is 1.12 bits per heavy atom. The molecular formula is C23H21F3N4O3. The minimum absolute atomic E-state index is 0.250. The van der Waals surface area contributed by atoms with E-state index in [1.54, 1.807) is 36.4 Å². The molecule has 1 aliphatic carbocycles. The monoisotopic (exact) mass is 458 g/mol. The van der Waals surface area contributed by atoms with Gasteiger partial charge in [-0.2, -0.15) is 18.3 Å². The normalized spacial score (nSPS) is 14.5. The van der Waals surface area contributed by atoms with Crippen LogP contribution in [0.15, 0.2) is 54.6 Å². The molecule has 33 heavy (non-hydrogen) atoms. The lowest BCUT2D eigenvalue weighted by Crippen LogP contribution is -2.20. The van der Waals surface area contributed by atoms with Crippen molar-refractivity contribution in [3.8, 4) is 11.4 Å². The lowest BCUT2D eigenvalue weighted by atomic mass is 9.92. The summed E-state index contributed by atoms with van der Waals surface area (Å²) in [6.07, 6.45) is -2.76. The zero-order valence-corrected chi connectivity index (χ0v) is 17.6. The number of hydrogen-bond donors (Lipinski definition) is 2. The van der Waals surface area contributed by atoms with Crippen LogP contribution in [0.3, 0.4) is 0 Å². The van der Waals surface area contributed by atoms with Crippen LogP contribution in [0.2, 0.25) is 0 Å². The second-order valence-corrected chi connectivity index (χ2v) is 7.98. The number of nitrogens with two attached hydrogens (primary N) is 1. The molecule has 3 aromatic rings. The second-order valence-electron chi connectivity index (χ2n) is 7.98. The van der Waals surface area contributed by atoms with Crippen LogP contribution >= 0.6 is 0 Å². The number of hydrogen-bond acceptors (Lipinski definition) is 4. The summed E-state index contributed by atoms with van der Waals surface area (Å²) in [5.41, 5.74) is 5.22. The van der Waals surface area contributed by atoms with Crippen molar-refractivity contribution >= 4 is 17.5 Å². The summed E-state index contributed by atoms with van der Waals surface area (Å²) in [6.45, 7) is 0. The number of ether oxygens (including phenoxy) is 1. The van der Waals surface area contributed by atoms with Crippen LogP contribution in [-0.4, -0.2) is 28.7 Å². The summed E-state index contributed by atoms with van der Waals surface area (Å²) in [7, 11) is 1.47. The molecule has 0 aliphatic heterocycles. The molecule has 1 saturated carbocycles. The second kappa shape index (κ2) is 8.27. The quantitative estimate of drug-likeness (QED) is 0.558. The zero-order valence-electron chi connectivity index (χ0n) is 17.6. The van der Waals surface area contributed by atoms with E-state index in [-0.39, 0.29) is 29.1 Å². The fraction of sp³-hybridized carbons (Fsp3) is 0.261. The summed E-state index contributed by atoms with van der Waals surface area (Å²) in [5, 5.41) is 6.21. The van der Waals surface area contributed by atoms with Crippen LogP contribution in [0.4, 0.5) is 18.9 Å². The molecule has 4 rings (SSSR count). The maximum absolute atomic E-state index is 13.3. The summed E-state index contributed by atoms with van der Waals surface area (Å²) < 4.78 is 45.9. The van der Waals surface area contributed by atoms with E-state index in [1.807, 2.05) is 0 Å². The van der Waals surface area contributed by atoms with Crippen LogP contribution in [0.1, 0.15) is 41.0 Å². The van der Waals surface area contributed by atoms with Crippen molar-refractivity contribution in [2.45, 2.75) is 30.9 Å². The predicted molar refractivity (Wildman–Crippen MR) is 114 cm³/mol. The Kier molecular flexibility index (Phi) is 5.61. The van der Waals surface area contributed by atoms with Crippen molar-refractivity contribution in [3.63, 3.8) is 0 Å². The lowest BCUT2D eigenvalue weighted by Gasteiger charge is -2.14. The molecule has 1 heterocycles. The van der Waals surface area contributed by atoms with Crippen molar-refractivity contribution in [1.29, 1.82) is 0 Å². The summed E-state index contributed by atoms with van der Waals surface area (Å²) in [4.78, 5) is 24.2. The third-order valence-electron chi connectivity index (χ3n) is 5.67. The van der Waals surface area contributed by atoms with Crippen LogP contribution in [0.25, 0.3) is 5.69 Å². The Morgan fingerprint density at radius 2 is 1.76 bits per heavy atom. The van der Waals surface area contributed by atoms with Gasteiger partial charge in [0.05, 0.1) is 12.8 Å². The maximum atomic E-state index is 13.3. The Morgan fingerprint density at radius 3 is 2.27 bits per heavy atom. The fourth-order valence-corrected chi connectivity index (χ4v) is 3.76. The number of rotatable bonds is 7. The molecule has 0 unspecified atom stereocenters. The maximum Gasteiger partial charge on any atom is 0.435 e. The standard InChI is InChI=1S/C23H21F3N4O3/c1-33-17-8-6-16(7-9-17)30-18(12-19(29-30)23(24,25)26)21(32)28-15-4-2-14(3-5-15)22(10-11-22)13-20(27)31/h2-9,12H,10-11,13H2,1H3,(H2,27,31)(H,28,32). The number of aromatic nitrogens is 2. The molecule has 1 aliphatic rings. The fourth-order valence-electron chi connectivity index (χ4n) is 3.76. The average Bonchev–Trinajstić information content (AvgIpc) is 3.38. The van der Waals surface area contributed by atoms with Gasteiger partial charge in [0.1, 0.15) is 11.4 Å². The zero-order chi connectivity index (χ0) is 23.8. The first-order chi connectivity index (χ1) is 15.6. The van der Waals surface area contributed by atoms with E-state index in [1.165, 1.54) is 19.2 Å². The van der Waals surface area contributed by atoms with Crippen LogP contribution in [0, 0.1) is 0 Å². The molecule has 0 radical (unpaired) electrons. The minimum Gasteiger partial charge on any atom is -0.497 e. The molecular weight excluding hydrogens is 437 g/mol. The molecule has 2 aromatic carbocycles. The molecule has 0 saturated heterocycles. The smallest absolute Gasteiger partial charge is 0.435 e. The van der Waals surface area contributed by atoms with Gasteiger partial charge in [-0.15, -0.1) is 0 Å². The van der Waals surface area contributed by atoms with Crippen LogP contribution in [0.5, 0.6) is 5.75 Å². The van der Waals surface area contributed by atoms with Crippen molar-refractivity contribution in [2.24, 2.45) is 5.73 Å². The number of carbonyl (C=O) groups is 2. The van der Waals surface area contributed by atoms with Crippen molar-refractivity contribution in [3.05, 3.63) is 71.5 Å². The molecule has 0 atom stereocenters. The summed E-state index contributed by atoms with van der Waals surface area (Å²) in [6, 6.07) is 13.7. The Labute approximate surface area is 187 Å². The number of amides is 2. The lowest BCUT2D eigenvalue weighted by molar-refractivity contribution is -0.141. The Balaban J connectivity index is 1.60. The number of halogens is 3. The topological polar surface area (TPSA) is 99.2 Å². The van der Waals surface area contributed by atoms with Crippen molar-refractivity contribution in [1.82, 2.24) is 9.78 Å². The van der Waals surface area contributed by atoms with Crippen molar-refractivity contribution < 1.29 is 27.5 Å². The first-order valence-electron chi connectivity index (χ1n) is 10.1. The average molecular weight is 458 g/mol. The largest absolute Gasteiger partial charge is 0.497 e. The van der Waals surface area contributed by atoms with E-state index in [0.29, 0.717) is 17.5 Å². The third kappa shape index (κ3) is 4.69. The third-order valence-corrected chi connectivity index (χ3v) is 5.67. The Bertz CT molecular complexity index is 1180. The number of anilines is 1. The molecule has 2 amide bonds. The SMILES string of the molecule is COc1ccc(-n2nc(C(F)(F)F)cc2C(=O)Nc2ccc(C3(CC(N)=O)CC3)cc2)cc1. The highest BCUT2D eigenvalue weighted by Crippen LogP contribution is 2.51. The van der Waals surface area contributed by atoms with Gasteiger partial charge in [0.2, 0.25) is 5.91 Å². The van der Waals surface area contributed by atoms with Crippen LogP contribution in [-0.2, 0) is 16.4 Å². The van der Waals surface area contributed by atoms with Gasteiger partial charge in [-0.3, -0.25) is 9.59 Å². The first-order valence-corrected chi connectivity index (χ1v) is 10.1. The van der Waals surface area contributed by atoms with Gasteiger partial charge in [-0.25, -0.2) is 4.68 Å². The van der Waals surface area contributed by atoms with Crippen LogP contribution < -0.4 is 15.8 Å². The number of primary amides is 1. The molecule has 1 aromatic heterocycles. The van der Waals surface area contributed by atoms with Gasteiger partial charge < -0.3 is 15.8 Å². The van der Waals surface area contributed by atoms with E-state index in [2.05, 4.69) is 10.4 Å². The van der Waals surface area contributed by atoms with Gasteiger partial charge in [-0.1, -0.05) is 12.1 Å². The molecule has 0 spiro atoms. The highest BCUT2D eigenvalue weighted by Gasteiger charge is 2.45. The van der Waals surface area contributed by atoms with Gasteiger partial charge in [-0.05, 0) is 54.8 Å². The van der Waals surface area contributed by atoms with Gasteiger partial charge >= 0.3 is 6.18 Å². The first kappa shape index (κ1) is 22.4. The number of alkyl halides is 3. The summed E-state index contributed by atoms with van der Waals surface area (Å²) >= 11 is 0. The molecule has 172 valence electrons. The number of nitrogens with zero attached hydrogens (tertiary/aromatic N) is 2. The molecule has 10 heteroatoms. The van der Waals surface area contributed by atoms with Gasteiger partial charge in [0, 0.05) is 23.6 Å². The van der Waals surface area contributed by atoms with Gasteiger partial charge in [0.25, 0.3) is 5.91 Å². The molecule has 0 bridgehead atoms. The van der Waals surface area contributed by atoms with E-state index in [0.717, 1.165) is 23.1 Å². The van der Waals surface area contributed by atoms with E-state index < -0.39 is 17.8 Å². The number of carbonyl (C=O) groups excluding carboxylic acids is 2. The number of methoxy groups -OCH3 is 1. The predicted octanol–water partition coefficient (Wildman–Crippen LogP) is 4.06. The number of nitrogens with one attached hydrogen (secondary N) is 1. The molecule has 3 N–H and O–H groups in total. The van der Waals surface area contributed by atoms with E-state index >= 15 is 0 Å². The van der Waals surface area contributed by atoms with E-state index in [4.69, 9.17) is 10.5 Å². The number of benzene rings is 2. The minimum atomic E-state index is -4.71.